The molecule has 0 unspecified atom stereocenters. The van der Waals surface area contributed by atoms with E-state index in [-0.39, 0.29) is 14.7 Å². The predicted molar refractivity (Wildman–Crippen MR) is 182 cm³/mol. The molecule has 4 aromatic heterocycles. The molecule has 2 aromatic carbocycles. The van der Waals surface area contributed by atoms with Crippen molar-refractivity contribution in [1.29, 1.82) is 0 Å². The molecule has 0 bridgehead atoms. The zero-order chi connectivity index (χ0) is 32.1. The largest absolute Gasteiger partial charge is 0.456 e. The van der Waals surface area contributed by atoms with Crippen molar-refractivity contribution >= 4 is 34.1 Å². The van der Waals surface area contributed by atoms with Gasteiger partial charge in [-0.05, 0) is 86.1 Å². The van der Waals surface area contributed by atoms with Crippen molar-refractivity contribution in [2.45, 2.75) is 20.3 Å². The van der Waals surface area contributed by atoms with Crippen LogP contribution in [0.3, 0.4) is 0 Å². The molecule has 6 rings (SSSR count). The number of carbonyl (C=O) groups excluding carboxylic acids is 2. The van der Waals surface area contributed by atoms with Crippen molar-refractivity contribution in [2.75, 3.05) is 10.6 Å². The average molecular weight is 635 g/mol. The van der Waals surface area contributed by atoms with E-state index in [0.717, 1.165) is 17.8 Å². The van der Waals surface area contributed by atoms with Crippen LogP contribution in [-0.4, -0.2) is 31.8 Å². The summed E-state index contributed by atoms with van der Waals surface area (Å²) in [5, 5.41) is 8.05. The highest BCUT2D eigenvalue weighted by Gasteiger charge is 2.11. The summed E-state index contributed by atoms with van der Waals surface area (Å²) in [7, 11) is 0. The topological polar surface area (TPSA) is 128 Å². The summed E-state index contributed by atoms with van der Waals surface area (Å²) in [5.74, 6) is 2.49. The van der Waals surface area contributed by atoms with Gasteiger partial charge in [0.25, 0.3) is 11.8 Å². The van der Waals surface area contributed by atoms with E-state index in [1.165, 1.54) is 11.3 Å². The number of anilines is 2. The third kappa shape index (κ3) is 9.28. The summed E-state index contributed by atoms with van der Waals surface area (Å²) in [5.41, 5.74) is 2.82. The predicted octanol–water partition coefficient (Wildman–Crippen LogP) is 8.47. The molecule has 0 saturated heterocycles. The van der Waals surface area contributed by atoms with Crippen LogP contribution in [0.1, 0.15) is 41.9 Å². The quantitative estimate of drug-likeness (QED) is 0.162. The van der Waals surface area contributed by atoms with Gasteiger partial charge in [-0.25, -0.2) is 9.97 Å². The maximum absolute atomic E-state index is 12.4. The average Bonchev–Trinajstić information content (AvgIpc) is 3.50. The van der Waals surface area contributed by atoms with Crippen molar-refractivity contribution in [3.8, 4) is 23.0 Å². The van der Waals surface area contributed by atoms with Crippen molar-refractivity contribution in [3.63, 3.8) is 0 Å². The Bertz CT molecular complexity index is 1910. The van der Waals surface area contributed by atoms with E-state index in [0.29, 0.717) is 45.1 Å². The third-order valence-corrected chi connectivity index (χ3v) is 7.06. The molecule has 6 aromatic rings. The summed E-state index contributed by atoms with van der Waals surface area (Å²) in [6, 6.07) is 26.7. The third-order valence-electron chi connectivity index (χ3n) is 6.18. The number of benzene rings is 2. The highest BCUT2D eigenvalue weighted by Crippen LogP contribution is 2.23. The van der Waals surface area contributed by atoms with E-state index in [1.807, 2.05) is 31.4 Å². The van der Waals surface area contributed by atoms with E-state index < -0.39 is 0 Å². The lowest BCUT2D eigenvalue weighted by molar-refractivity contribution is 0.101. The fraction of sp³-hybridized carbons (Fsp3) is 0.0857. The van der Waals surface area contributed by atoms with Crippen molar-refractivity contribution in [3.05, 3.63) is 144 Å². The Kier molecular flexibility index (Phi) is 10.7. The number of aromatic nitrogens is 4. The smallest absolute Gasteiger partial charge is 0.257 e. The Morgan fingerprint density at radius 2 is 1.28 bits per heavy atom. The molecule has 0 atom stereocenters. The van der Waals surface area contributed by atoms with Crippen LogP contribution >= 0.6 is 11.3 Å². The SMILES string of the molecule is CCc1cccc(NC(=O)c2cccc(Oc3cccnc3)c2)n1.Cc1csc(NC(=O)c2cccc(Oc3cccnc3)c2)n1.[HH].[HH]. The number of aryl methyl sites for hydroxylation is 2. The van der Waals surface area contributed by atoms with Gasteiger partial charge in [0.05, 0.1) is 18.1 Å². The van der Waals surface area contributed by atoms with Crippen LogP contribution in [0.15, 0.2) is 121 Å². The minimum Gasteiger partial charge on any atom is -0.456 e. The number of carbonyl (C=O) groups is 2. The summed E-state index contributed by atoms with van der Waals surface area (Å²) >= 11 is 1.40. The van der Waals surface area contributed by atoms with Gasteiger partial charge in [-0.3, -0.25) is 24.9 Å². The van der Waals surface area contributed by atoms with Gasteiger partial charge in [0.2, 0.25) is 0 Å². The van der Waals surface area contributed by atoms with Crippen LogP contribution in [0.25, 0.3) is 0 Å². The molecule has 0 aliphatic rings. The van der Waals surface area contributed by atoms with Gasteiger partial charge in [0.15, 0.2) is 5.13 Å². The molecule has 11 heteroatoms. The van der Waals surface area contributed by atoms with E-state index >= 15 is 0 Å². The Hall–Kier alpha value is -5.94. The van der Waals surface area contributed by atoms with Gasteiger partial charge in [0.1, 0.15) is 28.8 Å². The fourth-order valence-corrected chi connectivity index (χ4v) is 4.69. The second kappa shape index (κ2) is 15.7. The van der Waals surface area contributed by atoms with Gasteiger partial charge in [-0.2, -0.15) is 0 Å². The van der Waals surface area contributed by atoms with Gasteiger partial charge >= 0.3 is 0 Å². The molecule has 0 fully saturated rings. The molecule has 2 amide bonds. The van der Waals surface area contributed by atoms with Crippen molar-refractivity contribution in [2.24, 2.45) is 0 Å². The first-order chi connectivity index (χ1) is 22.4. The number of amides is 2. The summed E-state index contributed by atoms with van der Waals surface area (Å²) in [4.78, 5) is 41.2. The van der Waals surface area contributed by atoms with Crippen LogP contribution in [0.2, 0.25) is 0 Å². The molecular formula is C35H34N6O4S. The summed E-state index contributed by atoms with van der Waals surface area (Å²) in [6.45, 7) is 3.90. The van der Waals surface area contributed by atoms with E-state index in [4.69, 9.17) is 9.47 Å². The van der Waals surface area contributed by atoms with Crippen LogP contribution in [0.4, 0.5) is 10.9 Å². The monoisotopic (exact) mass is 634 g/mol. The highest BCUT2D eigenvalue weighted by molar-refractivity contribution is 7.13. The lowest BCUT2D eigenvalue weighted by Crippen LogP contribution is -2.13. The Balaban J connectivity index is 0.000000251. The number of rotatable bonds is 9. The first kappa shape index (κ1) is 31.5. The molecule has 0 radical (unpaired) electrons. The van der Waals surface area contributed by atoms with Crippen molar-refractivity contribution in [1.82, 2.24) is 19.9 Å². The number of hydrogen-bond acceptors (Lipinski definition) is 9. The summed E-state index contributed by atoms with van der Waals surface area (Å²) in [6.07, 6.45) is 7.40. The van der Waals surface area contributed by atoms with Gasteiger partial charge < -0.3 is 14.8 Å². The lowest BCUT2D eigenvalue weighted by Gasteiger charge is -2.08. The normalized spacial score (nSPS) is 10.2. The molecule has 46 heavy (non-hydrogen) atoms. The van der Waals surface area contributed by atoms with Gasteiger partial charge in [-0.15, -0.1) is 11.3 Å². The van der Waals surface area contributed by atoms with Crippen LogP contribution in [0, 0.1) is 6.92 Å². The molecule has 4 heterocycles. The molecular weight excluding hydrogens is 600 g/mol. The Morgan fingerprint density at radius 1 is 0.717 bits per heavy atom. The molecule has 0 spiro atoms. The number of nitrogens with one attached hydrogen (secondary N) is 2. The minimum absolute atomic E-state index is 0. The number of hydrogen-bond donors (Lipinski definition) is 2. The fourth-order valence-electron chi connectivity index (χ4n) is 4.00. The lowest BCUT2D eigenvalue weighted by atomic mass is 10.2. The van der Waals surface area contributed by atoms with Crippen LogP contribution in [-0.2, 0) is 6.42 Å². The zero-order valence-corrected chi connectivity index (χ0v) is 25.9. The van der Waals surface area contributed by atoms with Crippen LogP contribution < -0.4 is 20.1 Å². The number of pyridine rings is 3. The van der Waals surface area contributed by atoms with E-state index in [9.17, 15) is 9.59 Å². The van der Waals surface area contributed by atoms with Crippen molar-refractivity contribution < 1.29 is 21.9 Å². The number of nitrogens with zero attached hydrogens (tertiary/aromatic N) is 4. The maximum atomic E-state index is 12.4. The molecule has 2 N–H and O–H groups in total. The second-order valence-corrected chi connectivity index (χ2v) is 10.6. The maximum Gasteiger partial charge on any atom is 0.257 e. The molecule has 0 aliphatic heterocycles. The second-order valence-electron chi connectivity index (χ2n) is 9.71. The first-order valence-corrected chi connectivity index (χ1v) is 15.2. The van der Waals surface area contributed by atoms with Gasteiger partial charge in [0, 0.05) is 37.4 Å². The molecule has 0 aliphatic carbocycles. The summed E-state index contributed by atoms with van der Waals surface area (Å²) < 4.78 is 11.4. The van der Waals surface area contributed by atoms with E-state index in [1.54, 1.807) is 104 Å². The van der Waals surface area contributed by atoms with Crippen LogP contribution in [0.5, 0.6) is 23.0 Å². The molecule has 10 nitrogen and oxygen atoms in total. The molecule has 234 valence electrons. The van der Waals surface area contributed by atoms with Gasteiger partial charge in [-0.1, -0.05) is 25.1 Å². The standard InChI is InChI=1S/C19H17N3O2.C16H13N3O2S.2H2/c1-2-15-7-4-10-18(21-15)22-19(23)14-6-3-8-16(12-14)24-17-9-5-11-20-13-17;1-11-10-22-16(18-11)19-15(20)12-4-2-5-13(8-12)21-14-6-3-7-17-9-14;;/h3-13H,2H2,1H3,(H,21,22,23);2-10H,1H3,(H,18,19,20);2*1H. The number of thiazole rings is 1. The zero-order valence-electron chi connectivity index (χ0n) is 25.1. The Morgan fingerprint density at radius 3 is 1.80 bits per heavy atom. The Labute approximate surface area is 273 Å². The molecule has 0 saturated carbocycles. The highest BCUT2D eigenvalue weighted by atomic mass is 32.1. The number of ether oxygens (including phenoxy) is 2. The minimum atomic E-state index is -0.229. The van der Waals surface area contributed by atoms with E-state index in [2.05, 4.69) is 30.6 Å². The first-order valence-electron chi connectivity index (χ1n) is 14.3.